The van der Waals surface area contributed by atoms with Crippen molar-refractivity contribution in [1.82, 2.24) is 0 Å². The highest BCUT2D eigenvalue weighted by Crippen LogP contribution is 2.29. The largest absolute Gasteiger partial charge is 0.506 e. The Morgan fingerprint density at radius 3 is 2.42 bits per heavy atom. The van der Waals surface area contributed by atoms with Crippen molar-refractivity contribution >= 4 is 17.7 Å². The Hall–Kier alpha value is -2.95. The molecule has 0 unspecified atom stereocenters. The van der Waals surface area contributed by atoms with E-state index in [0.717, 1.165) is 11.1 Å². The Morgan fingerprint density at radius 2 is 1.79 bits per heavy atom. The van der Waals surface area contributed by atoms with Crippen molar-refractivity contribution in [1.29, 1.82) is 0 Å². The molecule has 0 spiro atoms. The van der Waals surface area contributed by atoms with E-state index in [-0.39, 0.29) is 11.7 Å². The van der Waals surface area contributed by atoms with Gasteiger partial charge in [0, 0.05) is 5.57 Å². The summed E-state index contributed by atoms with van der Waals surface area (Å²) in [5, 5.41) is 12.6. The average molecular weight is 327 g/mol. The SMILES string of the molecule is COc1ccc(/C=C(\C)C(=O)Nc2ccc(C)cc2O)cc1OC. The number of hydrogen-bond acceptors (Lipinski definition) is 4. The maximum atomic E-state index is 12.3. The highest BCUT2D eigenvalue weighted by Gasteiger charge is 2.09. The van der Waals surface area contributed by atoms with E-state index < -0.39 is 0 Å². The normalized spacial score (nSPS) is 11.1. The van der Waals surface area contributed by atoms with Crippen LogP contribution in [-0.2, 0) is 4.79 Å². The Kier molecular flexibility index (Phi) is 5.47. The fourth-order valence-electron chi connectivity index (χ4n) is 2.23. The molecule has 0 saturated carbocycles. The van der Waals surface area contributed by atoms with Crippen LogP contribution in [0.2, 0.25) is 0 Å². The molecule has 0 aliphatic heterocycles. The van der Waals surface area contributed by atoms with Gasteiger partial charge in [-0.1, -0.05) is 12.1 Å². The van der Waals surface area contributed by atoms with Gasteiger partial charge in [0.25, 0.3) is 5.91 Å². The molecule has 0 aliphatic rings. The van der Waals surface area contributed by atoms with Crippen LogP contribution in [0.5, 0.6) is 17.2 Å². The molecule has 5 heteroatoms. The number of carbonyl (C=O) groups excluding carboxylic acids is 1. The van der Waals surface area contributed by atoms with Gasteiger partial charge in [-0.2, -0.15) is 0 Å². The van der Waals surface area contributed by atoms with Gasteiger partial charge in [0.1, 0.15) is 5.75 Å². The Labute approximate surface area is 141 Å². The summed E-state index contributed by atoms with van der Waals surface area (Å²) in [5.41, 5.74) is 2.62. The molecule has 0 bridgehead atoms. The number of methoxy groups -OCH3 is 2. The number of ether oxygens (including phenoxy) is 2. The number of rotatable bonds is 5. The van der Waals surface area contributed by atoms with E-state index in [0.29, 0.717) is 22.8 Å². The molecule has 126 valence electrons. The Morgan fingerprint density at radius 1 is 1.08 bits per heavy atom. The van der Waals surface area contributed by atoms with Crippen LogP contribution < -0.4 is 14.8 Å². The van der Waals surface area contributed by atoms with Crippen molar-refractivity contribution < 1.29 is 19.4 Å². The molecule has 2 rings (SSSR count). The van der Waals surface area contributed by atoms with Crippen LogP contribution in [0.4, 0.5) is 5.69 Å². The number of anilines is 1. The highest BCUT2D eigenvalue weighted by molar-refractivity contribution is 6.06. The van der Waals surface area contributed by atoms with Crippen LogP contribution in [0.25, 0.3) is 6.08 Å². The average Bonchev–Trinajstić information content (AvgIpc) is 2.57. The molecule has 0 radical (unpaired) electrons. The Bertz CT molecular complexity index is 781. The van der Waals surface area contributed by atoms with Crippen molar-refractivity contribution in [2.75, 3.05) is 19.5 Å². The summed E-state index contributed by atoms with van der Waals surface area (Å²) in [6.07, 6.45) is 1.74. The van der Waals surface area contributed by atoms with Gasteiger partial charge in [0.05, 0.1) is 19.9 Å². The third-order valence-electron chi connectivity index (χ3n) is 3.55. The number of phenolic OH excluding ortho intramolecular Hbond substituents is 1. The van der Waals surface area contributed by atoms with Gasteiger partial charge >= 0.3 is 0 Å². The molecule has 0 fully saturated rings. The summed E-state index contributed by atoms with van der Waals surface area (Å²) in [4.78, 5) is 12.3. The quantitative estimate of drug-likeness (QED) is 0.648. The van der Waals surface area contributed by atoms with Gasteiger partial charge in [-0.3, -0.25) is 4.79 Å². The van der Waals surface area contributed by atoms with Gasteiger partial charge in [-0.25, -0.2) is 0 Å². The number of aromatic hydroxyl groups is 1. The molecule has 24 heavy (non-hydrogen) atoms. The summed E-state index contributed by atoms with van der Waals surface area (Å²) < 4.78 is 10.4. The fraction of sp³-hybridized carbons (Fsp3) is 0.211. The second-order valence-corrected chi connectivity index (χ2v) is 5.42. The van der Waals surface area contributed by atoms with Crippen LogP contribution in [0.3, 0.4) is 0 Å². The number of benzene rings is 2. The van der Waals surface area contributed by atoms with E-state index in [1.165, 1.54) is 0 Å². The van der Waals surface area contributed by atoms with Crippen molar-refractivity contribution in [2.24, 2.45) is 0 Å². The summed E-state index contributed by atoms with van der Waals surface area (Å²) in [5.74, 6) is 0.975. The monoisotopic (exact) mass is 327 g/mol. The summed E-state index contributed by atoms with van der Waals surface area (Å²) in [6.45, 7) is 3.57. The molecule has 2 aromatic rings. The summed E-state index contributed by atoms with van der Waals surface area (Å²) in [7, 11) is 3.13. The first-order valence-electron chi connectivity index (χ1n) is 7.46. The van der Waals surface area contributed by atoms with Crippen LogP contribution in [0, 0.1) is 6.92 Å². The zero-order valence-electron chi connectivity index (χ0n) is 14.2. The van der Waals surface area contributed by atoms with Gasteiger partial charge in [-0.05, 0) is 55.3 Å². The first kappa shape index (κ1) is 17.4. The van der Waals surface area contributed by atoms with E-state index in [4.69, 9.17) is 9.47 Å². The van der Waals surface area contributed by atoms with Crippen molar-refractivity contribution in [2.45, 2.75) is 13.8 Å². The highest BCUT2D eigenvalue weighted by atomic mass is 16.5. The molecule has 0 atom stereocenters. The third kappa shape index (κ3) is 4.07. The summed E-state index contributed by atoms with van der Waals surface area (Å²) in [6, 6.07) is 10.5. The number of hydrogen-bond donors (Lipinski definition) is 2. The van der Waals surface area contributed by atoms with Gasteiger partial charge < -0.3 is 19.9 Å². The second-order valence-electron chi connectivity index (χ2n) is 5.42. The minimum atomic E-state index is -0.288. The van der Waals surface area contributed by atoms with Crippen LogP contribution in [-0.4, -0.2) is 25.2 Å². The third-order valence-corrected chi connectivity index (χ3v) is 3.55. The number of nitrogens with one attached hydrogen (secondary N) is 1. The molecule has 0 saturated heterocycles. The Balaban J connectivity index is 2.19. The van der Waals surface area contributed by atoms with Crippen molar-refractivity contribution in [3.05, 3.63) is 53.1 Å². The molecule has 5 nitrogen and oxygen atoms in total. The molecule has 0 heterocycles. The van der Waals surface area contributed by atoms with Gasteiger partial charge in [0.2, 0.25) is 0 Å². The van der Waals surface area contributed by atoms with E-state index >= 15 is 0 Å². The first-order chi connectivity index (χ1) is 11.4. The lowest BCUT2D eigenvalue weighted by Gasteiger charge is -2.10. The fourth-order valence-corrected chi connectivity index (χ4v) is 2.23. The van der Waals surface area contributed by atoms with Crippen LogP contribution in [0.15, 0.2) is 42.0 Å². The number of carbonyl (C=O) groups is 1. The van der Waals surface area contributed by atoms with E-state index in [9.17, 15) is 9.90 Å². The smallest absolute Gasteiger partial charge is 0.251 e. The summed E-state index contributed by atoms with van der Waals surface area (Å²) >= 11 is 0. The standard InChI is InChI=1S/C19H21NO4/c1-12-5-7-15(16(21)9-12)20-19(22)13(2)10-14-6-8-17(23-3)18(11-14)24-4/h5-11,21H,1-4H3,(H,20,22)/b13-10+. The zero-order valence-corrected chi connectivity index (χ0v) is 14.2. The molecule has 0 aromatic heterocycles. The number of amides is 1. The van der Waals surface area contributed by atoms with E-state index in [1.54, 1.807) is 51.5 Å². The minimum absolute atomic E-state index is 0.0438. The van der Waals surface area contributed by atoms with Gasteiger partial charge in [-0.15, -0.1) is 0 Å². The van der Waals surface area contributed by atoms with Crippen LogP contribution >= 0.6 is 0 Å². The maximum absolute atomic E-state index is 12.3. The maximum Gasteiger partial charge on any atom is 0.251 e. The topological polar surface area (TPSA) is 67.8 Å². The molecule has 1 amide bonds. The lowest BCUT2D eigenvalue weighted by molar-refractivity contribution is -0.112. The lowest BCUT2D eigenvalue weighted by Crippen LogP contribution is -2.12. The molecular weight excluding hydrogens is 306 g/mol. The number of aryl methyl sites for hydroxylation is 1. The van der Waals surface area contributed by atoms with Crippen molar-refractivity contribution in [3.8, 4) is 17.2 Å². The predicted molar refractivity (Wildman–Crippen MR) is 94.7 cm³/mol. The molecule has 2 N–H and O–H groups in total. The predicted octanol–water partition coefficient (Wildman–Crippen LogP) is 3.76. The lowest BCUT2D eigenvalue weighted by atomic mass is 10.1. The minimum Gasteiger partial charge on any atom is -0.506 e. The zero-order chi connectivity index (χ0) is 17.7. The van der Waals surface area contributed by atoms with Crippen LogP contribution in [0.1, 0.15) is 18.1 Å². The van der Waals surface area contributed by atoms with Crippen molar-refractivity contribution in [3.63, 3.8) is 0 Å². The van der Waals surface area contributed by atoms with E-state index in [1.807, 2.05) is 19.1 Å². The van der Waals surface area contributed by atoms with Gasteiger partial charge in [0.15, 0.2) is 11.5 Å². The van der Waals surface area contributed by atoms with E-state index in [2.05, 4.69) is 5.32 Å². The second kappa shape index (κ2) is 7.55. The molecule has 0 aliphatic carbocycles. The first-order valence-corrected chi connectivity index (χ1v) is 7.46. The number of phenols is 1. The molecule has 2 aromatic carbocycles. The molecular formula is C19H21NO4.